The Morgan fingerprint density at radius 2 is 2.06 bits per heavy atom. The third kappa shape index (κ3) is 4.06. The summed E-state index contributed by atoms with van der Waals surface area (Å²) >= 11 is 7.53. The van der Waals surface area contributed by atoms with E-state index in [1.54, 1.807) is 36.0 Å². The fourth-order valence-corrected chi connectivity index (χ4v) is 2.29. The second-order valence-corrected chi connectivity index (χ2v) is 5.26. The first-order chi connectivity index (χ1) is 7.65. The maximum absolute atomic E-state index is 11.1. The van der Waals surface area contributed by atoms with Crippen LogP contribution < -0.4 is 0 Å². The second kappa shape index (κ2) is 6.81. The predicted octanol–water partition coefficient (Wildman–Crippen LogP) is 3.65. The van der Waals surface area contributed by atoms with Gasteiger partial charge in [-0.05, 0) is 35.6 Å². The molecule has 1 aromatic rings. The molecule has 0 aliphatic rings. The summed E-state index contributed by atoms with van der Waals surface area (Å²) in [5.41, 5.74) is 0.827. The van der Waals surface area contributed by atoms with Crippen LogP contribution in [0.25, 0.3) is 0 Å². The van der Waals surface area contributed by atoms with Gasteiger partial charge in [0.25, 0.3) is 0 Å². The van der Waals surface area contributed by atoms with Gasteiger partial charge in [0.15, 0.2) is 0 Å². The molecule has 0 saturated carbocycles. The number of hydrogen-bond donors (Lipinski definition) is 1. The molecule has 0 aromatic heterocycles. The lowest BCUT2D eigenvalue weighted by Crippen LogP contribution is -2.12. The fourth-order valence-electron chi connectivity index (χ4n) is 1.47. The summed E-state index contributed by atoms with van der Waals surface area (Å²) in [6.07, 6.45) is 0.662. The summed E-state index contributed by atoms with van der Waals surface area (Å²) in [5, 5.41) is 9.79. The summed E-state index contributed by atoms with van der Waals surface area (Å²) in [6, 6.07) is 7.05. The normalized spacial score (nSPS) is 12.4. The van der Waals surface area contributed by atoms with Gasteiger partial charge in [-0.15, -0.1) is 0 Å². The molecule has 1 atom stereocenters. The zero-order chi connectivity index (χ0) is 12.0. The minimum Gasteiger partial charge on any atom is -0.481 e. The van der Waals surface area contributed by atoms with Crippen molar-refractivity contribution in [1.29, 1.82) is 0 Å². The molecule has 2 nitrogen and oxygen atoms in total. The van der Waals surface area contributed by atoms with Crippen LogP contribution in [0.15, 0.2) is 24.3 Å². The van der Waals surface area contributed by atoms with E-state index in [2.05, 4.69) is 6.92 Å². The SMILES string of the molecule is CCSCCC(C(=O)O)c1ccc(Cl)cc1. The van der Waals surface area contributed by atoms with Crippen molar-refractivity contribution >= 4 is 29.3 Å². The number of carboxylic acid groups (broad SMARTS) is 1. The molecule has 88 valence electrons. The third-order valence-corrected chi connectivity index (χ3v) is 3.51. The molecule has 1 N–H and O–H groups in total. The van der Waals surface area contributed by atoms with E-state index in [0.717, 1.165) is 17.1 Å². The summed E-state index contributed by atoms with van der Waals surface area (Å²) in [4.78, 5) is 11.1. The topological polar surface area (TPSA) is 37.3 Å². The van der Waals surface area contributed by atoms with Gasteiger partial charge in [0.1, 0.15) is 0 Å². The second-order valence-electron chi connectivity index (χ2n) is 3.43. The van der Waals surface area contributed by atoms with Gasteiger partial charge in [0.05, 0.1) is 5.92 Å². The predicted molar refractivity (Wildman–Crippen MR) is 69.4 cm³/mol. The molecule has 0 spiro atoms. The van der Waals surface area contributed by atoms with Crippen LogP contribution in [0.5, 0.6) is 0 Å². The first kappa shape index (κ1) is 13.4. The van der Waals surface area contributed by atoms with E-state index in [-0.39, 0.29) is 0 Å². The van der Waals surface area contributed by atoms with Gasteiger partial charge in [0.2, 0.25) is 0 Å². The van der Waals surface area contributed by atoms with E-state index in [1.165, 1.54) is 0 Å². The molecule has 0 amide bonds. The Hall–Kier alpha value is -0.670. The number of halogens is 1. The molecule has 4 heteroatoms. The highest BCUT2D eigenvalue weighted by atomic mass is 35.5. The Morgan fingerprint density at radius 3 is 2.56 bits per heavy atom. The van der Waals surface area contributed by atoms with Crippen molar-refractivity contribution in [2.24, 2.45) is 0 Å². The minimum absolute atomic E-state index is 0.420. The van der Waals surface area contributed by atoms with Crippen LogP contribution in [0.2, 0.25) is 5.02 Å². The molecule has 0 fully saturated rings. The van der Waals surface area contributed by atoms with Crippen molar-refractivity contribution < 1.29 is 9.90 Å². The monoisotopic (exact) mass is 258 g/mol. The zero-order valence-corrected chi connectivity index (χ0v) is 10.7. The van der Waals surface area contributed by atoms with Crippen molar-refractivity contribution in [1.82, 2.24) is 0 Å². The van der Waals surface area contributed by atoms with Gasteiger partial charge < -0.3 is 5.11 Å². The fraction of sp³-hybridized carbons (Fsp3) is 0.417. The van der Waals surface area contributed by atoms with E-state index >= 15 is 0 Å². The van der Waals surface area contributed by atoms with E-state index in [9.17, 15) is 4.79 Å². The van der Waals surface area contributed by atoms with Gasteiger partial charge in [-0.2, -0.15) is 11.8 Å². The Balaban J connectivity index is 2.69. The Morgan fingerprint density at radius 1 is 1.44 bits per heavy atom. The summed E-state index contributed by atoms with van der Waals surface area (Å²) < 4.78 is 0. The highest BCUT2D eigenvalue weighted by molar-refractivity contribution is 7.99. The van der Waals surface area contributed by atoms with Crippen molar-refractivity contribution in [2.75, 3.05) is 11.5 Å². The molecule has 0 saturated heterocycles. The third-order valence-electron chi connectivity index (χ3n) is 2.33. The lowest BCUT2D eigenvalue weighted by Gasteiger charge is -2.12. The average Bonchev–Trinajstić information content (AvgIpc) is 2.26. The Labute approximate surface area is 105 Å². The van der Waals surface area contributed by atoms with Crippen LogP contribution in [0, 0.1) is 0 Å². The summed E-state index contributed by atoms with van der Waals surface area (Å²) in [7, 11) is 0. The molecule has 16 heavy (non-hydrogen) atoms. The molecular weight excluding hydrogens is 244 g/mol. The molecule has 0 bridgehead atoms. The van der Waals surface area contributed by atoms with Crippen LogP contribution in [0.3, 0.4) is 0 Å². The molecular formula is C12H15ClO2S. The number of aliphatic carboxylic acids is 1. The molecule has 0 aliphatic heterocycles. The van der Waals surface area contributed by atoms with E-state index in [4.69, 9.17) is 16.7 Å². The van der Waals surface area contributed by atoms with Crippen LogP contribution in [-0.4, -0.2) is 22.6 Å². The maximum Gasteiger partial charge on any atom is 0.311 e. The van der Waals surface area contributed by atoms with Crippen molar-refractivity contribution in [3.8, 4) is 0 Å². The summed E-state index contributed by atoms with van der Waals surface area (Å²) in [5.74, 6) is 0.707. The quantitative estimate of drug-likeness (QED) is 0.792. The van der Waals surface area contributed by atoms with Crippen LogP contribution in [0.4, 0.5) is 0 Å². The van der Waals surface area contributed by atoms with Gasteiger partial charge >= 0.3 is 5.97 Å². The number of hydrogen-bond acceptors (Lipinski definition) is 2. The van der Waals surface area contributed by atoms with Crippen LogP contribution in [0.1, 0.15) is 24.8 Å². The molecule has 0 aliphatic carbocycles. The standard InChI is InChI=1S/C12H15ClO2S/c1-2-16-8-7-11(12(14)15)9-3-5-10(13)6-4-9/h3-6,11H,2,7-8H2,1H3,(H,14,15). The number of carbonyl (C=O) groups is 1. The Bertz CT molecular complexity index is 337. The smallest absolute Gasteiger partial charge is 0.311 e. The number of benzene rings is 1. The highest BCUT2D eigenvalue weighted by Gasteiger charge is 2.18. The van der Waals surface area contributed by atoms with Crippen molar-refractivity contribution in [2.45, 2.75) is 19.3 Å². The zero-order valence-electron chi connectivity index (χ0n) is 9.15. The van der Waals surface area contributed by atoms with E-state index in [0.29, 0.717) is 11.4 Å². The number of thioether (sulfide) groups is 1. The first-order valence-corrected chi connectivity index (χ1v) is 6.74. The molecule has 1 aromatic carbocycles. The lowest BCUT2D eigenvalue weighted by molar-refractivity contribution is -0.138. The Kier molecular flexibility index (Phi) is 5.71. The molecule has 0 radical (unpaired) electrons. The van der Waals surface area contributed by atoms with E-state index < -0.39 is 11.9 Å². The van der Waals surface area contributed by atoms with Crippen LogP contribution >= 0.6 is 23.4 Å². The van der Waals surface area contributed by atoms with Crippen molar-refractivity contribution in [3.05, 3.63) is 34.9 Å². The first-order valence-electron chi connectivity index (χ1n) is 5.21. The minimum atomic E-state index is -0.765. The van der Waals surface area contributed by atoms with Gasteiger partial charge in [-0.3, -0.25) is 4.79 Å². The molecule has 1 rings (SSSR count). The maximum atomic E-state index is 11.1. The number of rotatable bonds is 6. The van der Waals surface area contributed by atoms with E-state index in [1.807, 2.05) is 0 Å². The largest absolute Gasteiger partial charge is 0.481 e. The van der Waals surface area contributed by atoms with Gasteiger partial charge in [0, 0.05) is 5.02 Å². The van der Waals surface area contributed by atoms with Gasteiger partial charge in [-0.25, -0.2) is 0 Å². The van der Waals surface area contributed by atoms with Crippen LogP contribution in [-0.2, 0) is 4.79 Å². The lowest BCUT2D eigenvalue weighted by atomic mass is 9.97. The van der Waals surface area contributed by atoms with Crippen molar-refractivity contribution in [3.63, 3.8) is 0 Å². The molecule has 1 unspecified atom stereocenters. The van der Waals surface area contributed by atoms with Gasteiger partial charge in [-0.1, -0.05) is 30.7 Å². The summed E-state index contributed by atoms with van der Waals surface area (Å²) in [6.45, 7) is 2.07. The molecule has 0 heterocycles. The average molecular weight is 259 g/mol. The highest BCUT2D eigenvalue weighted by Crippen LogP contribution is 2.23. The number of carboxylic acids is 1.